The Balaban J connectivity index is 2.06. The Morgan fingerprint density at radius 1 is 1.45 bits per heavy atom. The Morgan fingerprint density at radius 2 is 2.25 bits per heavy atom. The van der Waals surface area contributed by atoms with E-state index in [1.807, 2.05) is 25.1 Å². The van der Waals surface area contributed by atoms with Gasteiger partial charge in [0.05, 0.1) is 13.2 Å². The van der Waals surface area contributed by atoms with E-state index in [1.165, 1.54) is 0 Å². The number of benzene rings is 1. The summed E-state index contributed by atoms with van der Waals surface area (Å²) in [5.41, 5.74) is 7.33. The molecule has 0 aromatic heterocycles. The molecule has 2 rings (SSSR count). The summed E-state index contributed by atoms with van der Waals surface area (Å²) in [6.07, 6.45) is 2.44. The van der Waals surface area contributed by atoms with Crippen molar-refractivity contribution < 1.29 is 9.84 Å². The van der Waals surface area contributed by atoms with Crippen LogP contribution in [-0.4, -0.2) is 37.5 Å². The van der Waals surface area contributed by atoms with E-state index in [2.05, 4.69) is 11.0 Å². The van der Waals surface area contributed by atoms with Gasteiger partial charge in [-0.25, -0.2) is 0 Å². The van der Waals surface area contributed by atoms with E-state index in [1.54, 1.807) is 7.11 Å². The second kappa shape index (κ2) is 6.95. The van der Waals surface area contributed by atoms with Crippen LogP contribution in [0.25, 0.3) is 0 Å². The van der Waals surface area contributed by atoms with Gasteiger partial charge in [-0.05, 0) is 37.3 Å². The van der Waals surface area contributed by atoms with E-state index in [-0.39, 0.29) is 12.1 Å². The molecule has 4 nitrogen and oxygen atoms in total. The molecule has 1 aliphatic rings. The first kappa shape index (κ1) is 15.1. The fraction of sp³-hybridized carbons (Fsp3) is 0.625. The Kier molecular flexibility index (Phi) is 5.26. The zero-order valence-corrected chi connectivity index (χ0v) is 12.5. The lowest BCUT2D eigenvalue weighted by Gasteiger charge is -2.38. The molecule has 1 heterocycles. The standard InChI is InChI=1S/C16H26N2O2/c1-3-15(19)8-12-7-13(17)11-18(10-12)14-5-4-6-16(9-14)20-2/h4-6,9,12-13,15,19H,3,7-8,10-11,17H2,1-2H3. The van der Waals surface area contributed by atoms with Gasteiger partial charge in [-0.3, -0.25) is 0 Å². The second-order valence-corrected chi connectivity index (χ2v) is 5.77. The number of nitrogens with zero attached hydrogens (tertiary/aromatic N) is 1. The molecular formula is C16H26N2O2. The molecule has 4 heteroatoms. The number of aliphatic hydroxyl groups excluding tert-OH is 1. The summed E-state index contributed by atoms with van der Waals surface area (Å²) in [6, 6.07) is 8.26. The largest absolute Gasteiger partial charge is 0.497 e. The molecule has 0 bridgehead atoms. The highest BCUT2D eigenvalue weighted by molar-refractivity contribution is 5.51. The summed E-state index contributed by atoms with van der Waals surface area (Å²) >= 11 is 0. The second-order valence-electron chi connectivity index (χ2n) is 5.77. The van der Waals surface area contributed by atoms with E-state index in [4.69, 9.17) is 10.5 Å². The predicted octanol–water partition coefficient (Wildman–Crippen LogP) is 2.01. The third kappa shape index (κ3) is 3.87. The molecule has 112 valence electrons. The smallest absolute Gasteiger partial charge is 0.120 e. The van der Waals surface area contributed by atoms with Crippen molar-refractivity contribution in [2.75, 3.05) is 25.1 Å². The number of piperidine rings is 1. The van der Waals surface area contributed by atoms with Gasteiger partial charge in [0.25, 0.3) is 0 Å². The number of methoxy groups -OCH3 is 1. The van der Waals surface area contributed by atoms with Gasteiger partial charge in [0.2, 0.25) is 0 Å². The van der Waals surface area contributed by atoms with Crippen LogP contribution in [0, 0.1) is 5.92 Å². The van der Waals surface area contributed by atoms with Crippen LogP contribution in [0.4, 0.5) is 5.69 Å². The molecule has 0 amide bonds. The number of rotatable bonds is 5. The quantitative estimate of drug-likeness (QED) is 0.865. The molecule has 1 fully saturated rings. The monoisotopic (exact) mass is 278 g/mol. The van der Waals surface area contributed by atoms with Crippen molar-refractivity contribution in [3.63, 3.8) is 0 Å². The summed E-state index contributed by atoms with van der Waals surface area (Å²) in [4.78, 5) is 2.31. The number of hydrogen-bond donors (Lipinski definition) is 2. The number of hydrogen-bond acceptors (Lipinski definition) is 4. The van der Waals surface area contributed by atoms with Crippen molar-refractivity contribution in [1.82, 2.24) is 0 Å². The average Bonchev–Trinajstić information content (AvgIpc) is 2.46. The van der Waals surface area contributed by atoms with Crippen molar-refractivity contribution in [2.45, 2.75) is 38.3 Å². The molecule has 0 aliphatic carbocycles. The molecule has 20 heavy (non-hydrogen) atoms. The molecule has 1 aromatic carbocycles. The molecule has 3 unspecified atom stereocenters. The zero-order valence-electron chi connectivity index (χ0n) is 12.5. The Bertz CT molecular complexity index is 425. The highest BCUT2D eigenvalue weighted by atomic mass is 16.5. The van der Waals surface area contributed by atoms with E-state index in [0.717, 1.165) is 43.8 Å². The summed E-state index contributed by atoms with van der Waals surface area (Å²) in [6.45, 7) is 3.84. The Hall–Kier alpha value is -1.26. The maximum absolute atomic E-state index is 9.86. The first-order valence-electron chi connectivity index (χ1n) is 7.45. The number of anilines is 1. The van der Waals surface area contributed by atoms with Crippen molar-refractivity contribution in [3.05, 3.63) is 24.3 Å². The number of nitrogens with two attached hydrogens (primary N) is 1. The Labute approximate surface area is 121 Å². The summed E-state index contributed by atoms with van der Waals surface area (Å²) in [7, 11) is 1.68. The van der Waals surface area contributed by atoms with Crippen molar-refractivity contribution in [3.8, 4) is 5.75 Å². The zero-order chi connectivity index (χ0) is 14.5. The predicted molar refractivity (Wildman–Crippen MR) is 82.2 cm³/mol. The van der Waals surface area contributed by atoms with E-state index >= 15 is 0 Å². The Morgan fingerprint density at radius 3 is 2.95 bits per heavy atom. The van der Waals surface area contributed by atoms with E-state index in [9.17, 15) is 5.11 Å². The summed E-state index contributed by atoms with van der Waals surface area (Å²) in [5.74, 6) is 1.33. The van der Waals surface area contributed by atoms with Gasteiger partial charge in [0.15, 0.2) is 0 Å². The highest BCUT2D eigenvalue weighted by Crippen LogP contribution is 2.28. The van der Waals surface area contributed by atoms with Crippen molar-refractivity contribution >= 4 is 5.69 Å². The third-order valence-electron chi connectivity index (χ3n) is 4.06. The van der Waals surface area contributed by atoms with E-state index < -0.39 is 0 Å². The normalized spacial score (nSPS) is 24.5. The summed E-state index contributed by atoms with van der Waals surface area (Å²) in [5, 5.41) is 9.86. The topological polar surface area (TPSA) is 58.7 Å². The van der Waals surface area contributed by atoms with Crippen LogP contribution < -0.4 is 15.4 Å². The van der Waals surface area contributed by atoms with Crippen LogP contribution in [0.1, 0.15) is 26.2 Å². The lowest BCUT2D eigenvalue weighted by molar-refractivity contribution is 0.131. The molecule has 1 aromatic rings. The van der Waals surface area contributed by atoms with Gasteiger partial charge in [-0.15, -0.1) is 0 Å². The number of ether oxygens (including phenoxy) is 1. The van der Waals surface area contributed by atoms with Gasteiger partial charge in [0.1, 0.15) is 5.75 Å². The molecule has 1 saturated heterocycles. The van der Waals surface area contributed by atoms with Gasteiger partial charge in [-0.1, -0.05) is 13.0 Å². The van der Waals surface area contributed by atoms with Crippen LogP contribution in [0.15, 0.2) is 24.3 Å². The van der Waals surface area contributed by atoms with Crippen LogP contribution in [0.3, 0.4) is 0 Å². The first-order chi connectivity index (χ1) is 9.62. The van der Waals surface area contributed by atoms with Crippen LogP contribution in [-0.2, 0) is 0 Å². The molecule has 3 atom stereocenters. The minimum absolute atomic E-state index is 0.170. The molecular weight excluding hydrogens is 252 g/mol. The minimum Gasteiger partial charge on any atom is -0.497 e. The maximum Gasteiger partial charge on any atom is 0.120 e. The highest BCUT2D eigenvalue weighted by Gasteiger charge is 2.26. The van der Waals surface area contributed by atoms with Crippen LogP contribution in [0.2, 0.25) is 0 Å². The fourth-order valence-electron chi connectivity index (χ4n) is 2.99. The molecule has 3 N–H and O–H groups in total. The lowest BCUT2D eigenvalue weighted by atomic mass is 9.89. The first-order valence-corrected chi connectivity index (χ1v) is 7.45. The van der Waals surface area contributed by atoms with Crippen LogP contribution in [0.5, 0.6) is 5.75 Å². The van der Waals surface area contributed by atoms with Crippen molar-refractivity contribution in [1.29, 1.82) is 0 Å². The molecule has 0 spiro atoms. The summed E-state index contributed by atoms with van der Waals surface area (Å²) < 4.78 is 5.28. The van der Waals surface area contributed by atoms with Crippen molar-refractivity contribution in [2.24, 2.45) is 11.7 Å². The fourth-order valence-corrected chi connectivity index (χ4v) is 2.99. The van der Waals surface area contributed by atoms with Gasteiger partial charge in [0, 0.05) is 30.9 Å². The van der Waals surface area contributed by atoms with Gasteiger partial charge >= 0.3 is 0 Å². The molecule has 0 radical (unpaired) electrons. The molecule has 0 saturated carbocycles. The minimum atomic E-state index is -0.211. The van der Waals surface area contributed by atoms with Crippen LogP contribution >= 0.6 is 0 Å². The number of aliphatic hydroxyl groups is 1. The molecule has 1 aliphatic heterocycles. The lowest BCUT2D eigenvalue weighted by Crippen LogP contribution is -2.47. The van der Waals surface area contributed by atoms with Gasteiger partial charge < -0.3 is 20.5 Å². The average molecular weight is 278 g/mol. The van der Waals surface area contributed by atoms with E-state index in [0.29, 0.717) is 5.92 Å². The SMILES string of the molecule is CCC(O)CC1CC(N)CN(c2cccc(OC)c2)C1. The maximum atomic E-state index is 9.86. The third-order valence-corrected chi connectivity index (χ3v) is 4.06. The van der Waals surface area contributed by atoms with Gasteiger partial charge in [-0.2, -0.15) is 0 Å².